The zero-order chi connectivity index (χ0) is 17.8. The van der Waals surface area contributed by atoms with Crippen molar-refractivity contribution in [1.82, 2.24) is 19.5 Å². The van der Waals surface area contributed by atoms with Crippen molar-refractivity contribution in [3.05, 3.63) is 90.8 Å². The Balaban J connectivity index is 0.00000210. The maximum absolute atomic E-state index is 4.80. The van der Waals surface area contributed by atoms with E-state index >= 15 is 0 Å². The van der Waals surface area contributed by atoms with E-state index in [2.05, 4.69) is 47.1 Å². The lowest BCUT2D eigenvalue weighted by atomic mass is 10.1. The number of aryl methyl sites for hydroxylation is 3. The van der Waals surface area contributed by atoms with Crippen LogP contribution < -0.4 is 0 Å². The van der Waals surface area contributed by atoms with Crippen LogP contribution in [0.25, 0.3) is 22.5 Å². The Labute approximate surface area is 165 Å². The van der Waals surface area contributed by atoms with Gasteiger partial charge in [0.15, 0.2) is 0 Å². The fraction of sp³-hybridized carbons (Fsp3) is 0.136. The minimum absolute atomic E-state index is 0. The summed E-state index contributed by atoms with van der Waals surface area (Å²) in [5.74, 6) is 1.07. The number of halogens is 1. The molecule has 0 radical (unpaired) electrons. The quantitative estimate of drug-likeness (QED) is 0.504. The highest BCUT2D eigenvalue weighted by Gasteiger charge is 2.08. The number of hydrogen-bond donors (Lipinski definition) is 0. The lowest BCUT2D eigenvalue weighted by Crippen LogP contribution is -2.01. The van der Waals surface area contributed by atoms with E-state index in [-0.39, 0.29) is 12.4 Å². The molecular formula is C22H21ClN4. The van der Waals surface area contributed by atoms with Crippen LogP contribution in [0.4, 0.5) is 0 Å². The van der Waals surface area contributed by atoms with Crippen LogP contribution in [0.1, 0.15) is 11.5 Å². The molecule has 5 heteroatoms. The lowest BCUT2D eigenvalue weighted by molar-refractivity contribution is 0.762. The maximum atomic E-state index is 4.80. The molecule has 0 saturated heterocycles. The van der Waals surface area contributed by atoms with Crippen molar-refractivity contribution in [2.45, 2.75) is 12.8 Å². The summed E-state index contributed by atoms with van der Waals surface area (Å²) >= 11 is 0. The van der Waals surface area contributed by atoms with Gasteiger partial charge >= 0.3 is 0 Å². The Bertz CT molecular complexity index is 997. The third-order valence-electron chi connectivity index (χ3n) is 4.43. The van der Waals surface area contributed by atoms with Gasteiger partial charge in [-0.05, 0) is 30.7 Å². The van der Waals surface area contributed by atoms with Crippen LogP contribution in [0.2, 0.25) is 0 Å². The number of imidazole rings is 1. The molecular weight excluding hydrogens is 356 g/mol. The van der Waals surface area contributed by atoms with Gasteiger partial charge in [0, 0.05) is 48.9 Å². The number of aromatic nitrogens is 4. The molecule has 3 aromatic heterocycles. The monoisotopic (exact) mass is 376 g/mol. The molecule has 0 unspecified atom stereocenters. The summed E-state index contributed by atoms with van der Waals surface area (Å²) in [4.78, 5) is 13.7. The molecule has 0 amide bonds. The largest absolute Gasteiger partial charge is 0.337 e. The molecule has 0 aliphatic heterocycles. The second-order valence-electron chi connectivity index (χ2n) is 6.27. The average Bonchev–Trinajstić information content (AvgIpc) is 3.09. The SMILES string of the molecule is Cl.Cn1cc(-c2ccccc2)nc1CCc1cccc(-c2ccncc2)n1. The molecule has 0 aliphatic rings. The molecule has 4 nitrogen and oxygen atoms in total. The van der Waals surface area contributed by atoms with Gasteiger partial charge in [0.05, 0.1) is 11.4 Å². The van der Waals surface area contributed by atoms with Crippen molar-refractivity contribution >= 4 is 12.4 Å². The second kappa shape index (κ2) is 8.60. The Morgan fingerprint density at radius 1 is 0.741 bits per heavy atom. The second-order valence-corrected chi connectivity index (χ2v) is 6.27. The molecule has 0 bridgehead atoms. The number of rotatable bonds is 5. The van der Waals surface area contributed by atoms with Gasteiger partial charge in [-0.25, -0.2) is 4.98 Å². The number of benzene rings is 1. The smallest absolute Gasteiger partial charge is 0.109 e. The van der Waals surface area contributed by atoms with E-state index in [1.807, 2.05) is 36.4 Å². The van der Waals surface area contributed by atoms with Gasteiger partial charge in [-0.2, -0.15) is 0 Å². The van der Waals surface area contributed by atoms with Crippen LogP contribution in [0.3, 0.4) is 0 Å². The van der Waals surface area contributed by atoms with E-state index < -0.39 is 0 Å². The zero-order valence-corrected chi connectivity index (χ0v) is 15.9. The number of pyridine rings is 2. The van der Waals surface area contributed by atoms with Gasteiger partial charge in [-0.1, -0.05) is 36.4 Å². The molecule has 0 fully saturated rings. The minimum Gasteiger partial charge on any atom is -0.337 e. The Kier molecular flexibility index (Phi) is 5.99. The first kappa shape index (κ1) is 18.8. The topological polar surface area (TPSA) is 43.6 Å². The highest BCUT2D eigenvalue weighted by Crippen LogP contribution is 2.19. The summed E-state index contributed by atoms with van der Waals surface area (Å²) in [5.41, 5.74) is 5.30. The summed E-state index contributed by atoms with van der Waals surface area (Å²) in [7, 11) is 2.05. The van der Waals surface area contributed by atoms with Crippen molar-refractivity contribution in [3.8, 4) is 22.5 Å². The first-order valence-corrected chi connectivity index (χ1v) is 8.73. The Morgan fingerprint density at radius 2 is 1.48 bits per heavy atom. The van der Waals surface area contributed by atoms with E-state index in [1.165, 1.54) is 0 Å². The molecule has 4 rings (SSSR count). The van der Waals surface area contributed by atoms with Gasteiger partial charge in [0.2, 0.25) is 0 Å². The minimum atomic E-state index is 0. The molecule has 27 heavy (non-hydrogen) atoms. The van der Waals surface area contributed by atoms with Crippen LogP contribution in [-0.4, -0.2) is 19.5 Å². The van der Waals surface area contributed by atoms with E-state index in [1.54, 1.807) is 12.4 Å². The van der Waals surface area contributed by atoms with E-state index in [0.29, 0.717) is 0 Å². The van der Waals surface area contributed by atoms with Gasteiger partial charge < -0.3 is 4.57 Å². The van der Waals surface area contributed by atoms with Gasteiger partial charge in [0.1, 0.15) is 5.82 Å². The highest BCUT2D eigenvalue weighted by molar-refractivity contribution is 5.85. The van der Waals surface area contributed by atoms with Crippen molar-refractivity contribution < 1.29 is 0 Å². The van der Waals surface area contributed by atoms with E-state index in [0.717, 1.165) is 46.9 Å². The van der Waals surface area contributed by atoms with Crippen molar-refractivity contribution in [3.63, 3.8) is 0 Å². The first-order chi connectivity index (χ1) is 12.8. The molecule has 0 N–H and O–H groups in total. The van der Waals surface area contributed by atoms with Crippen LogP contribution in [0.15, 0.2) is 79.3 Å². The fourth-order valence-electron chi connectivity index (χ4n) is 3.03. The summed E-state index contributed by atoms with van der Waals surface area (Å²) < 4.78 is 2.11. The first-order valence-electron chi connectivity index (χ1n) is 8.73. The third kappa shape index (κ3) is 4.41. The number of hydrogen-bond acceptors (Lipinski definition) is 3. The summed E-state index contributed by atoms with van der Waals surface area (Å²) in [6, 6.07) is 20.4. The van der Waals surface area contributed by atoms with E-state index in [4.69, 9.17) is 9.97 Å². The van der Waals surface area contributed by atoms with E-state index in [9.17, 15) is 0 Å². The summed E-state index contributed by atoms with van der Waals surface area (Å²) in [5, 5.41) is 0. The van der Waals surface area contributed by atoms with Crippen LogP contribution in [0, 0.1) is 0 Å². The molecule has 0 spiro atoms. The van der Waals surface area contributed by atoms with Crippen LogP contribution >= 0.6 is 12.4 Å². The van der Waals surface area contributed by atoms with Gasteiger partial charge in [-0.3, -0.25) is 9.97 Å². The van der Waals surface area contributed by atoms with Crippen LogP contribution in [-0.2, 0) is 19.9 Å². The van der Waals surface area contributed by atoms with Crippen molar-refractivity contribution in [2.75, 3.05) is 0 Å². The fourth-order valence-corrected chi connectivity index (χ4v) is 3.03. The van der Waals surface area contributed by atoms with Gasteiger partial charge in [0.25, 0.3) is 0 Å². The standard InChI is InChI=1S/C22H20N4.ClH/c1-26-16-21(17-6-3-2-4-7-17)25-22(26)11-10-19-8-5-9-20(24-19)18-12-14-23-15-13-18;/h2-9,12-16H,10-11H2,1H3;1H. The predicted molar refractivity (Wildman–Crippen MR) is 111 cm³/mol. The lowest BCUT2D eigenvalue weighted by Gasteiger charge is -2.05. The maximum Gasteiger partial charge on any atom is 0.109 e. The zero-order valence-electron chi connectivity index (χ0n) is 15.1. The molecule has 0 saturated carbocycles. The summed E-state index contributed by atoms with van der Waals surface area (Å²) in [6.07, 6.45) is 7.39. The molecule has 0 aliphatic carbocycles. The molecule has 4 aromatic rings. The molecule has 3 heterocycles. The Hall–Kier alpha value is -2.98. The predicted octanol–water partition coefficient (Wildman–Crippen LogP) is 4.75. The van der Waals surface area contributed by atoms with Crippen molar-refractivity contribution in [1.29, 1.82) is 0 Å². The normalized spacial score (nSPS) is 10.4. The van der Waals surface area contributed by atoms with Gasteiger partial charge in [-0.15, -0.1) is 12.4 Å². The molecule has 0 atom stereocenters. The average molecular weight is 377 g/mol. The Morgan fingerprint density at radius 3 is 2.26 bits per heavy atom. The third-order valence-corrected chi connectivity index (χ3v) is 4.43. The van der Waals surface area contributed by atoms with Crippen LogP contribution in [0.5, 0.6) is 0 Å². The highest BCUT2D eigenvalue weighted by atomic mass is 35.5. The number of nitrogens with zero attached hydrogens (tertiary/aromatic N) is 4. The molecule has 1 aromatic carbocycles. The summed E-state index contributed by atoms with van der Waals surface area (Å²) in [6.45, 7) is 0. The van der Waals surface area contributed by atoms with Crippen molar-refractivity contribution in [2.24, 2.45) is 7.05 Å². The molecule has 136 valence electrons.